The Labute approximate surface area is 104 Å². The SMILES string of the molecule is CCC.CCCNCCN1CCN(C)CC1.[HH]. The standard InChI is InChI=1S/C10H23N3.C3H8.H2/c1-3-4-11-5-6-13-9-7-12(2)8-10-13;1-3-2;/h11H,3-10H2,1-2H3;3H2,1-2H3;1H. The largest absolute Gasteiger partial charge is 0.315 e. The molecule has 100 valence electrons. The van der Waals surface area contributed by atoms with Crippen molar-refractivity contribution in [2.24, 2.45) is 0 Å². The van der Waals surface area contributed by atoms with Crippen molar-refractivity contribution in [1.82, 2.24) is 15.1 Å². The number of nitrogens with zero attached hydrogens (tertiary/aromatic N) is 2. The topological polar surface area (TPSA) is 18.5 Å². The highest BCUT2D eigenvalue weighted by molar-refractivity contribution is 4.69. The highest BCUT2D eigenvalue weighted by Crippen LogP contribution is 1.97. The maximum absolute atomic E-state index is 3.44. The van der Waals surface area contributed by atoms with E-state index in [2.05, 4.69) is 42.9 Å². The first kappa shape index (κ1) is 15.9. The first-order chi connectivity index (χ1) is 7.74. The fourth-order valence-corrected chi connectivity index (χ4v) is 1.61. The van der Waals surface area contributed by atoms with Crippen LogP contribution in [0.5, 0.6) is 0 Å². The lowest BCUT2D eigenvalue weighted by Gasteiger charge is -2.32. The molecule has 0 aromatic carbocycles. The average molecular weight is 231 g/mol. The molecule has 1 heterocycles. The quantitative estimate of drug-likeness (QED) is 0.729. The van der Waals surface area contributed by atoms with Crippen LogP contribution in [0.4, 0.5) is 0 Å². The monoisotopic (exact) mass is 231 g/mol. The van der Waals surface area contributed by atoms with Gasteiger partial charge in [0, 0.05) is 40.7 Å². The van der Waals surface area contributed by atoms with E-state index in [-0.39, 0.29) is 1.43 Å². The van der Waals surface area contributed by atoms with Gasteiger partial charge < -0.3 is 10.2 Å². The molecule has 1 rings (SSSR count). The molecule has 0 saturated carbocycles. The Morgan fingerprint density at radius 3 is 2.06 bits per heavy atom. The number of rotatable bonds is 5. The van der Waals surface area contributed by atoms with Crippen molar-refractivity contribution >= 4 is 0 Å². The molecular formula is C13H33N3. The van der Waals surface area contributed by atoms with E-state index in [1.807, 2.05) is 0 Å². The lowest BCUT2D eigenvalue weighted by molar-refractivity contribution is 0.155. The zero-order valence-corrected chi connectivity index (χ0v) is 11.8. The summed E-state index contributed by atoms with van der Waals surface area (Å²) in [6.45, 7) is 14.9. The highest BCUT2D eigenvalue weighted by Gasteiger charge is 2.12. The van der Waals surface area contributed by atoms with Crippen LogP contribution in [0.3, 0.4) is 0 Å². The molecule has 1 aliphatic rings. The van der Waals surface area contributed by atoms with E-state index in [0.717, 1.165) is 13.1 Å². The Morgan fingerprint density at radius 2 is 1.56 bits per heavy atom. The van der Waals surface area contributed by atoms with E-state index < -0.39 is 0 Å². The van der Waals surface area contributed by atoms with Gasteiger partial charge in [-0.1, -0.05) is 27.2 Å². The van der Waals surface area contributed by atoms with Gasteiger partial charge in [0.05, 0.1) is 0 Å². The van der Waals surface area contributed by atoms with E-state index in [0.29, 0.717) is 0 Å². The molecule has 0 unspecified atom stereocenters. The van der Waals surface area contributed by atoms with E-state index in [1.54, 1.807) is 0 Å². The minimum Gasteiger partial charge on any atom is -0.315 e. The van der Waals surface area contributed by atoms with Crippen LogP contribution in [-0.2, 0) is 0 Å². The maximum Gasteiger partial charge on any atom is 0.0110 e. The smallest absolute Gasteiger partial charge is 0.0110 e. The minimum absolute atomic E-state index is 0. The molecule has 1 saturated heterocycles. The summed E-state index contributed by atoms with van der Waals surface area (Å²) in [4.78, 5) is 4.94. The van der Waals surface area contributed by atoms with Gasteiger partial charge in [-0.3, -0.25) is 4.90 Å². The van der Waals surface area contributed by atoms with Gasteiger partial charge in [0.15, 0.2) is 0 Å². The first-order valence-electron chi connectivity index (χ1n) is 6.86. The summed E-state index contributed by atoms with van der Waals surface area (Å²) in [5.74, 6) is 0. The molecule has 0 aliphatic carbocycles. The molecule has 1 N–H and O–H groups in total. The van der Waals surface area contributed by atoms with Crippen molar-refractivity contribution in [3.63, 3.8) is 0 Å². The molecule has 16 heavy (non-hydrogen) atoms. The van der Waals surface area contributed by atoms with Gasteiger partial charge in [0.2, 0.25) is 0 Å². The van der Waals surface area contributed by atoms with Gasteiger partial charge >= 0.3 is 0 Å². The van der Waals surface area contributed by atoms with Gasteiger partial charge in [0.25, 0.3) is 0 Å². The average Bonchev–Trinajstić information content (AvgIpc) is 2.28. The second-order valence-electron chi connectivity index (χ2n) is 4.60. The summed E-state index contributed by atoms with van der Waals surface area (Å²) in [7, 11) is 2.20. The van der Waals surface area contributed by atoms with Crippen LogP contribution in [0, 0.1) is 0 Å². The Morgan fingerprint density at radius 1 is 1.00 bits per heavy atom. The molecule has 0 spiro atoms. The number of nitrogens with one attached hydrogen (secondary N) is 1. The summed E-state index contributed by atoms with van der Waals surface area (Å²) in [5.41, 5.74) is 0. The van der Waals surface area contributed by atoms with Crippen LogP contribution in [0.15, 0.2) is 0 Å². The Bertz CT molecular complexity index is 137. The second kappa shape index (κ2) is 11.4. The van der Waals surface area contributed by atoms with E-state index in [4.69, 9.17) is 0 Å². The number of piperazine rings is 1. The number of hydrogen-bond acceptors (Lipinski definition) is 3. The van der Waals surface area contributed by atoms with Crippen molar-refractivity contribution in [1.29, 1.82) is 0 Å². The van der Waals surface area contributed by atoms with Gasteiger partial charge in [-0.25, -0.2) is 0 Å². The predicted octanol–water partition coefficient (Wildman–Crippen LogP) is 1.90. The van der Waals surface area contributed by atoms with Crippen molar-refractivity contribution in [3.05, 3.63) is 0 Å². The van der Waals surface area contributed by atoms with Crippen LogP contribution in [-0.4, -0.2) is 62.7 Å². The zero-order valence-electron chi connectivity index (χ0n) is 11.8. The molecule has 0 aromatic rings. The molecule has 3 heteroatoms. The predicted molar refractivity (Wildman–Crippen MR) is 75.2 cm³/mol. The van der Waals surface area contributed by atoms with E-state index in [1.165, 1.54) is 45.6 Å². The molecule has 0 aromatic heterocycles. The summed E-state index contributed by atoms with van der Waals surface area (Å²) in [6, 6.07) is 0. The number of hydrogen-bond donors (Lipinski definition) is 1. The van der Waals surface area contributed by atoms with Crippen molar-refractivity contribution in [2.75, 3.05) is 52.9 Å². The summed E-state index contributed by atoms with van der Waals surface area (Å²) in [5, 5.41) is 3.44. The zero-order chi connectivity index (χ0) is 12.2. The van der Waals surface area contributed by atoms with E-state index >= 15 is 0 Å². The molecule has 1 fully saturated rings. The van der Waals surface area contributed by atoms with E-state index in [9.17, 15) is 0 Å². The molecular weight excluding hydrogens is 198 g/mol. The highest BCUT2D eigenvalue weighted by atomic mass is 15.2. The fourth-order valence-electron chi connectivity index (χ4n) is 1.61. The summed E-state index contributed by atoms with van der Waals surface area (Å²) >= 11 is 0. The minimum atomic E-state index is 0. The van der Waals surface area contributed by atoms with Gasteiger partial charge in [0.1, 0.15) is 0 Å². The fraction of sp³-hybridized carbons (Fsp3) is 1.00. The first-order valence-corrected chi connectivity index (χ1v) is 6.86. The lowest BCUT2D eigenvalue weighted by Crippen LogP contribution is -2.46. The van der Waals surface area contributed by atoms with Gasteiger partial charge in [-0.05, 0) is 20.0 Å². The third kappa shape index (κ3) is 9.13. The molecule has 0 bridgehead atoms. The second-order valence-corrected chi connectivity index (χ2v) is 4.60. The van der Waals surface area contributed by atoms with Crippen LogP contribution in [0.25, 0.3) is 0 Å². The number of likely N-dealkylation sites (N-methyl/N-ethyl adjacent to an activating group) is 1. The van der Waals surface area contributed by atoms with Crippen molar-refractivity contribution in [3.8, 4) is 0 Å². The third-order valence-corrected chi connectivity index (χ3v) is 2.63. The van der Waals surface area contributed by atoms with Gasteiger partial charge in [-0.15, -0.1) is 0 Å². The Hall–Kier alpha value is -0.120. The summed E-state index contributed by atoms with van der Waals surface area (Å²) < 4.78 is 0. The lowest BCUT2D eigenvalue weighted by atomic mass is 10.3. The molecule has 3 nitrogen and oxygen atoms in total. The molecule has 0 radical (unpaired) electrons. The maximum atomic E-state index is 3.44. The van der Waals surface area contributed by atoms with Crippen molar-refractivity contribution < 1.29 is 1.43 Å². The Balaban J connectivity index is 0. The third-order valence-electron chi connectivity index (χ3n) is 2.63. The molecule has 0 atom stereocenters. The van der Waals surface area contributed by atoms with Crippen LogP contribution in [0.2, 0.25) is 0 Å². The Kier molecular flexibility index (Phi) is 11.3. The van der Waals surface area contributed by atoms with Crippen molar-refractivity contribution in [2.45, 2.75) is 33.6 Å². The van der Waals surface area contributed by atoms with Gasteiger partial charge in [-0.2, -0.15) is 0 Å². The molecule has 1 aliphatic heterocycles. The molecule has 0 amide bonds. The van der Waals surface area contributed by atoms with Crippen LogP contribution in [0.1, 0.15) is 35.0 Å². The summed E-state index contributed by atoms with van der Waals surface area (Å²) in [6.07, 6.45) is 2.49. The van der Waals surface area contributed by atoms with Crippen LogP contribution >= 0.6 is 0 Å². The van der Waals surface area contributed by atoms with Crippen LogP contribution < -0.4 is 5.32 Å². The normalized spacial score (nSPS) is 18.0.